The van der Waals surface area contributed by atoms with Gasteiger partial charge in [0.1, 0.15) is 0 Å². The van der Waals surface area contributed by atoms with Crippen LogP contribution >= 0.6 is 11.6 Å². The largest absolute Gasteiger partial charge is 0.308 e. The highest BCUT2D eigenvalue weighted by Crippen LogP contribution is 2.23. The first-order valence-electron chi connectivity index (χ1n) is 10.8. The summed E-state index contributed by atoms with van der Waals surface area (Å²) in [4.78, 5) is 15.0. The Labute approximate surface area is 201 Å². The van der Waals surface area contributed by atoms with Crippen LogP contribution in [0.4, 0.5) is 5.69 Å². The van der Waals surface area contributed by atoms with Crippen LogP contribution in [-0.4, -0.2) is 27.4 Å². The van der Waals surface area contributed by atoms with Crippen LogP contribution < -0.4 is 9.62 Å². The van der Waals surface area contributed by atoms with Crippen LogP contribution in [-0.2, 0) is 15.4 Å². The zero-order chi connectivity index (χ0) is 24.1. The van der Waals surface area contributed by atoms with Gasteiger partial charge in [-0.3, -0.25) is 4.79 Å². The van der Waals surface area contributed by atoms with Gasteiger partial charge in [-0.05, 0) is 65.9 Å². The SMILES string of the molecule is CC(C)(C)c1ccc(S(=O)(=O)NCCCN(C(=O)c2ccc(Cl)cc2)c2ccccc2)cc1. The first-order valence-corrected chi connectivity index (χ1v) is 12.7. The third kappa shape index (κ3) is 6.67. The molecule has 0 heterocycles. The normalized spacial score (nSPS) is 11.9. The Bertz CT molecular complexity index is 1170. The molecule has 3 aromatic carbocycles. The number of carbonyl (C=O) groups excluding carboxylic acids is 1. The van der Waals surface area contributed by atoms with E-state index in [-0.39, 0.29) is 22.8 Å². The van der Waals surface area contributed by atoms with Crippen molar-refractivity contribution in [2.24, 2.45) is 0 Å². The van der Waals surface area contributed by atoms with Gasteiger partial charge in [-0.1, -0.05) is 62.7 Å². The first-order chi connectivity index (χ1) is 15.6. The van der Waals surface area contributed by atoms with Crippen molar-refractivity contribution in [1.29, 1.82) is 0 Å². The van der Waals surface area contributed by atoms with Crippen molar-refractivity contribution in [3.05, 3.63) is 95.0 Å². The fraction of sp³-hybridized carbons (Fsp3) is 0.269. The molecule has 7 heteroatoms. The van der Waals surface area contributed by atoms with Crippen LogP contribution in [0.25, 0.3) is 0 Å². The standard InChI is InChI=1S/C26H29ClN2O3S/c1-26(2,3)21-12-16-24(17-13-21)33(31,32)28-18-7-19-29(23-8-5-4-6-9-23)25(30)20-10-14-22(27)15-11-20/h4-6,8-17,28H,7,18-19H2,1-3H3. The minimum Gasteiger partial charge on any atom is -0.308 e. The van der Waals surface area contributed by atoms with Gasteiger partial charge in [-0.2, -0.15) is 0 Å². The van der Waals surface area contributed by atoms with E-state index < -0.39 is 10.0 Å². The van der Waals surface area contributed by atoms with Crippen molar-refractivity contribution >= 4 is 33.2 Å². The highest BCUT2D eigenvalue weighted by molar-refractivity contribution is 7.89. The third-order valence-electron chi connectivity index (χ3n) is 5.29. The zero-order valence-corrected chi connectivity index (χ0v) is 20.7. The lowest BCUT2D eigenvalue weighted by atomic mass is 9.87. The molecule has 0 aliphatic heterocycles. The average Bonchev–Trinajstić information content (AvgIpc) is 2.79. The predicted octanol–water partition coefficient (Wildman–Crippen LogP) is 5.65. The molecule has 0 radical (unpaired) electrons. The van der Waals surface area contributed by atoms with Gasteiger partial charge in [0.2, 0.25) is 10.0 Å². The molecule has 5 nitrogen and oxygen atoms in total. The molecule has 1 amide bonds. The molecule has 3 rings (SSSR count). The summed E-state index contributed by atoms with van der Waals surface area (Å²) < 4.78 is 28.0. The van der Waals surface area contributed by atoms with Crippen molar-refractivity contribution in [1.82, 2.24) is 4.72 Å². The Kier molecular flexibility index (Phi) is 7.95. The van der Waals surface area contributed by atoms with E-state index in [0.29, 0.717) is 23.6 Å². The number of amides is 1. The van der Waals surface area contributed by atoms with Gasteiger partial charge in [-0.25, -0.2) is 13.1 Å². The maximum atomic E-state index is 13.1. The van der Waals surface area contributed by atoms with E-state index in [9.17, 15) is 13.2 Å². The summed E-state index contributed by atoms with van der Waals surface area (Å²) in [5, 5.41) is 0.558. The number of nitrogens with one attached hydrogen (secondary N) is 1. The van der Waals surface area contributed by atoms with Crippen LogP contribution in [0.15, 0.2) is 83.8 Å². The minimum atomic E-state index is -3.63. The molecule has 3 aromatic rings. The summed E-state index contributed by atoms with van der Waals surface area (Å²) in [5.41, 5.74) is 2.29. The quantitative estimate of drug-likeness (QED) is 0.420. The Balaban J connectivity index is 1.66. The van der Waals surface area contributed by atoms with E-state index in [1.807, 2.05) is 42.5 Å². The maximum Gasteiger partial charge on any atom is 0.258 e. The Morgan fingerprint density at radius 1 is 0.909 bits per heavy atom. The highest BCUT2D eigenvalue weighted by Gasteiger charge is 2.19. The lowest BCUT2D eigenvalue weighted by Crippen LogP contribution is -2.34. The van der Waals surface area contributed by atoms with Crippen LogP contribution in [0.3, 0.4) is 0 Å². The van der Waals surface area contributed by atoms with Gasteiger partial charge >= 0.3 is 0 Å². The second-order valence-electron chi connectivity index (χ2n) is 8.82. The van der Waals surface area contributed by atoms with Gasteiger partial charge in [0, 0.05) is 29.4 Å². The summed E-state index contributed by atoms with van der Waals surface area (Å²) in [6.45, 7) is 6.81. The number of nitrogens with zero attached hydrogens (tertiary/aromatic N) is 1. The van der Waals surface area contributed by atoms with Gasteiger partial charge in [0.15, 0.2) is 0 Å². The Hall–Kier alpha value is -2.67. The molecule has 0 fully saturated rings. The van der Waals surface area contributed by atoms with E-state index in [1.54, 1.807) is 41.3 Å². The monoisotopic (exact) mass is 484 g/mol. The van der Waals surface area contributed by atoms with E-state index in [4.69, 9.17) is 11.6 Å². The number of hydrogen-bond donors (Lipinski definition) is 1. The van der Waals surface area contributed by atoms with Crippen LogP contribution in [0.1, 0.15) is 43.1 Å². The molecule has 0 saturated heterocycles. The second-order valence-corrected chi connectivity index (χ2v) is 11.0. The molecular formula is C26H29ClN2O3S. The van der Waals surface area contributed by atoms with E-state index in [1.165, 1.54) is 0 Å². The maximum absolute atomic E-state index is 13.1. The number of anilines is 1. The molecule has 0 unspecified atom stereocenters. The topological polar surface area (TPSA) is 66.5 Å². The van der Waals surface area contributed by atoms with E-state index >= 15 is 0 Å². The summed E-state index contributed by atoms with van der Waals surface area (Å²) in [5.74, 6) is -0.168. The molecule has 0 atom stereocenters. The molecule has 0 saturated carbocycles. The number of sulfonamides is 1. The molecule has 0 bridgehead atoms. The number of hydrogen-bond acceptors (Lipinski definition) is 3. The fourth-order valence-corrected chi connectivity index (χ4v) is 4.57. The molecular weight excluding hydrogens is 456 g/mol. The van der Waals surface area contributed by atoms with Crippen LogP contribution in [0.5, 0.6) is 0 Å². The van der Waals surface area contributed by atoms with Crippen molar-refractivity contribution < 1.29 is 13.2 Å². The van der Waals surface area contributed by atoms with Crippen molar-refractivity contribution in [3.63, 3.8) is 0 Å². The smallest absolute Gasteiger partial charge is 0.258 e. The van der Waals surface area contributed by atoms with Crippen molar-refractivity contribution in [3.8, 4) is 0 Å². The molecule has 1 N–H and O–H groups in total. The fourth-order valence-electron chi connectivity index (χ4n) is 3.37. The number of para-hydroxylation sites is 1. The van der Waals surface area contributed by atoms with Gasteiger partial charge in [0.05, 0.1) is 4.90 Å². The summed E-state index contributed by atoms with van der Waals surface area (Å²) >= 11 is 5.95. The van der Waals surface area contributed by atoms with Gasteiger partial charge in [0.25, 0.3) is 5.91 Å². The number of rotatable bonds is 8. The number of halogens is 1. The van der Waals surface area contributed by atoms with Gasteiger partial charge < -0.3 is 4.90 Å². The highest BCUT2D eigenvalue weighted by atomic mass is 35.5. The van der Waals surface area contributed by atoms with Crippen LogP contribution in [0, 0.1) is 0 Å². The lowest BCUT2D eigenvalue weighted by Gasteiger charge is -2.23. The summed E-state index contributed by atoms with van der Waals surface area (Å²) in [6, 6.07) is 23.0. The molecule has 0 aliphatic rings. The Morgan fingerprint density at radius 3 is 2.09 bits per heavy atom. The van der Waals surface area contributed by atoms with Crippen LogP contribution in [0.2, 0.25) is 5.02 Å². The predicted molar refractivity (Wildman–Crippen MR) is 135 cm³/mol. The first kappa shape index (κ1) is 25.0. The molecule has 0 aromatic heterocycles. The number of benzene rings is 3. The van der Waals surface area contributed by atoms with Gasteiger partial charge in [-0.15, -0.1) is 0 Å². The van der Waals surface area contributed by atoms with Crippen molar-refractivity contribution in [2.45, 2.75) is 37.5 Å². The second kappa shape index (κ2) is 10.5. The van der Waals surface area contributed by atoms with Crippen molar-refractivity contribution in [2.75, 3.05) is 18.0 Å². The lowest BCUT2D eigenvalue weighted by molar-refractivity contribution is 0.0986. The number of carbonyl (C=O) groups is 1. The van der Waals surface area contributed by atoms with E-state index in [0.717, 1.165) is 11.3 Å². The summed E-state index contributed by atoms with van der Waals surface area (Å²) in [7, 11) is -3.63. The zero-order valence-electron chi connectivity index (χ0n) is 19.1. The Morgan fingerprint density at radius 2 is 1.52 bits per heavy atom. The molecule has 0 aliphatic carbocycles. The molecule has 0 spiro atoms. The van der Waals surface area contributed by atoms with E-state index in [2.05, 4.69) is 25.5 Å². The minimum absolute atomic E-state index is 0.0484. The third-order valence-corrected chi connectivity index (χ3v) is 7.01. The summed E-state index contributed by atoms with van der Waals surface area (Å²) in [6.07, 6.45) is 0.452. The molecule has 33 heavy (non-hydrogen) atoms. The molecule has 174 valence electrons. The average molecular weight is 485 g/mol.